The number of likely N-dealkylation sites (tertiary alicyclic amines) is 1. The third kappa shape index (κ3) is 1.32. The standard InChI is InChI=1S/C18H21NO4/c1-19-8-7-17-14-10-3-4-12(22-2)15(14)23-16(17)11(20)5-6-18(17,21)13(19)9-10/h3-4,13,16,21H,5-9H2,1-2H3/t13-,16+,17-,18+/m1/s1/i1D3,2D3. The second kappa shape index (κ2) is 4.08. The van der Waals surface area contributed by atoms with Gasteiger partial charge in [0.05, 0.1) is 22.2 Å². The highest BCUT2D eigenvalue weighted by Gasteiger charge is 2.72. The molecular weight excluding hydrogens is 294 g/mol. The van der Waals surface area contributed by atoms with Gasteiger partial charge in [-0.15, -0.1) is 0 Å². The van der Waals surface area contributed by atoms with Crippen molar-refractivity contribution in [3.05, 3.63) is 23.3 Å². The van der Waals surface area contributed by atoms with Crippen LogP contribution in [0.1, 0.15) is 38.6 Å². The summed E-state index contributed by atoms with van der Waals surface area (Å²) in [6, 6.07) is 2.50. The van der Waals surface area contributed by atoms with Crippen LogP contribution in [0.5, 0.6) is 11.5 Å². The minimum atomic E-state index is -2.69. The molecule has 23 heavy (non-hydrogen) atoms. The average Bonchev–Trinajstić information content (AvgIpc) is 2.92. The topological polar surface area (TPSA) is 59.0 Å². The number of nitrogens with zero attached hydrogens (tertiary/aromatic N) is 1. The summed E-state index contributed by atoms with van der Waals surface area (Å²) in [5, 5.41) is 11.9. The molecule has 2 heterocycles. The number of piperidine rings is 1. The lowest BCUT2D eigenvalue weighted by Crippen LogP contribution is -2.76. The Balaban J connectivity index is 1.74. The monoisotopic (exact) mass is 321 g/mol. The zero-order valence-corrected chi connectivity index (χ0v) is 12.5. The first-order valence-electron chi connectivity index (χ1n) is 10.9. The molecule has 5 heteroatoms. The van der Waals surface area contributed by atoms with Crippen molar-refractivity contribution >= 4 is 5.78 Å². The van der Waals surface area contributed by atoms with Gasteiger partial charge in [0, 0.05) is 22.1 Å². The fraction of sp³-hybridized carbons (Fsp3) is 0.611. The fourth-order valence-corrected chi connectivity index (χ4v) is 5.40. The second-order valence-electron chi connectivity index (χ2n) is 7.05. The summed E-state index contributed by atoms with van der Waals surface area (Å²) in [5.41, 5.74) is -1.18. The van der Waals surface area contributed by atoms with E-state index in [9.17, 15) is 9.90 Å². The molecule has 0 radical (unpaired) electrons. The number of benzene rings is 1. The summed E-state index contributed by atoms with van der Waals surface area (Å²) >= 11 is 0. The first kappa shape index (κ1) is 9.04. The van der Waals surface area contributed by atoms with E-state index in [2.05, 4.69) is 0 Å². The van der Waals surface area contributed by atoms with Gasteiger partial charge in [0.15, 0.2) is 23.4 Å². The van der Waals surface area contributed by atoms with Crippen molar-refractivity contribution in [2.45, 2.75) is 48.8 Å². The number of carbonyl (C=O) groups is 1. The predicted molar refractivity (Wildman–Crippen MR) is 83.0 cm³/mol. The summed E-state index contributed by atoms with van der Waals surface area (Å²) in [5.74, 6) is 0.0390. The molecule has 0 amide bonds. The fourth-order valence-electron chi connectivity index (χ4n) is 5.40. The number of ether oxygens (including phenoxy) is 2. The van der Waals surface area contributed by atoms with E-state index >= 15 is 0 Å². The Labute approximate surface area is 143 Å². The van der Waals surface area contributed by atoms with Crippen LogP contribution < -0.4 is 9.47 Å². The van der Waals surface area contributed by atoms with Crippen molar-refractivity contribution in [2.24, 2.45) is 0 Å². The maximum Gasteiger partial charge on any atom is 0.174 e. The van der Waals surface area contributed by atoms with Crippen LogP contribution in [0.2, 0.25) is 0 Å². The minimum Gasteiger partial charge on any atom is -0.493 e. The molecule has 1 saturated heterocycles. The van der Waals surface area contributed by atoms with E-state index in [1.807, 2.05) is 0 Å². The van der Waals surface area contributed by atoms with E-state index in [1.54, 1.807) is 6.07 Å². The molecule has 1 spiro atoms. The summed E-state index contributed by atoms with van der Waals surface area (Å²) in [4.78, 5) is 14.2. The molecule has 1 aromatic carbocycles. The van der Waals surface area contributed by atoms with E-state index < -0.39 is 37.2 Å². The molecule has 5 rings (SSSR count). The van der Waals surface area contributed by atoms with Crippen molar-refractivity contribution in [1.82, 2.24) is 4.90 Å². The van der Waals surface area contributed by atoms with Gasteiger partial charge in [0.1, 0.15) is 0 Å². The van der Waals surface area contributed by atoms with Crippen molar-refractivity contribution in [1.29, 1.82) is 0 Å². The molecule has 0 unspecified atom stereocenters. The number of ketones is 1. The number of aliphatic hydroxyl groups is 1. The van der Waals surface area contributed by atoms with Crippen LogP contribution in [-0.4, -0.2) is 54.1 Å². The van der Waals surface area contributed by atoms with E-state index in [0.717, 1.165) is 5.56 Å². The van der Waals surface area contributed by atoms with Crippen molar-refractivity contribution < 1.29 is 27.6 Å². The molecule has 5 nitrogen and oxygen atoms in total. The summed E-state index contributed by atoms with van der Waals surface area (Å²) in [6.07, 6.45) is -0.249. The van der Waals surface area contributed by atoms with Crippen LogP contribution >= 0.6 is 0 Å². The quantitative estimate of drug-likeness (QED) is 0.838. The number of methoxy groups -OCH3 is 1. The van der Waals surface area contributed by atoms with Gasteiger partial charge < -0.3 is 19.5 Å². The Bertz CT molecular complexity index is 915. The minimum absolute atomic E-state index is 0.0133. The maximum absolute atomic E-state index is 12.8. The van der Waals surface area contributed by atoms with E-state index in [4.69, 9.17) is 17.7 Å². The van der Waals surface area contributed by atoms with Gasteiger partial charge >= 0.3 is 0 Å². The smallest absolute Gasteiger partial charge is 0.174 e. The van der Waals surface area contributed by atoms with Crippen LogP contribution in [0.15, 0.2) is 12.1 Å². The van der Waals surface area contributed by atoms with Crippen molar-refractivity contribution in [2.75, 3.05) is 20.6 Å². The number of likely N-dealkylation sites (N-methyl/N-ethyl adjacent to an activating group) is 1. The van der Waals surface area contributed by atoms with Gasteiger partial charge in [-0.3, -0.25) is 4.79 Å². The number of carbonyl (C=O) groups excluding carboxylic acids is 1. The average molecular weight is 321 g/mol. The van der Waals surface area contributed by atoms with Gasteiger partial charge in [-0.2, -0.15) is 0 Å². The molecule has 1 aromatic rings. The van der Waals surface area contributed by atoms with Crippen LogP contribution in [0.3, 0.4) is 0 Å². The number of hydrogen-bond donors (Lipinski definition) is 1. The Morgan fingerprint density at radius 1 is 1.48 bits per heavy atom. The van der Waals surface area contributed by atoms with Crippen LogP contribution in [0.25, 0.3) is 0 Å². The Kier molecular flexibility index (Phi) is 1.60. The summed E-state index contributed by atoms with van der Waals surface area (Å²) in [6.45, 7) is -2.19. The van der Waals surface area contributed by atoms with Gasteiger partial charge in [0.2, 0.25) is 0 Å². The number of Topliss-reactive ketones (excluding diaryl/α,β-unsaturated/α-hetero) is 1. The molecule has 1 N–H and O–H groups in total. The lowest BCUT2D eigenvalue weighted by atomic mass is 9.49. The molecule has 122 valence electrons. The lowest BCUT2D eigenvalue weighted by Gasteiger charge is -2.62. The Hall–Kier alpha value is -1.59. The van der Waals surface area contributed by atoms with Crippen LogP contribution in [0.4, 0.5) is 0 Å². The Morgan fingerprint density at radius 3 is 3.22 bits per heavy atom. The molecule has 2 bridgehead atoms. The predicted octanol–water partition coefficient (Wildman–Crippen LogP) is 1.05. The van der Waals surface area contributed by atoms with E-state index in [0.29, 0.717) is 5.56 Å². The van der Waals surface area contributed by atoms with Gasteiger partial charge in [0.25, 0.3) is 0 Å². The SMILES string of the molecule is [2H]C([2H])([2H])Oc1ccc2c3c1O[C@H]1C(=O)CC[C@]4(O)[C@@H](C2)N(C([2H])([2H])[2H])CC[C@@]314. The molecule has 2 fully saturated rings. The van der Waals surface area contributed by atoms with Crippen LogP contribution in [0, 0.1) is 0 Å². The van der Waals surface area contributed by atoms with E-state index in [1.165, 1.54) is 11.0 Å². The third-order valence-corrected chi connectivity index (χ3v) is 6.35. The normalized spacial score (nSPS) is 45.5. The first-order chi connectivity index (χ1) is 13.4. The van der Waals surface area contributed by atoms with E-state index in [-0.39, 0.29) is 49.5 Å². The molecule has 0 aromatic heterocycles. The summed E-state index contributed by atoms with van der Waals surface area (Å²) < 4.78 is 57.2. The third-order valence-electron chi connectivity index (χ3n) is 6.35. The number of rotatable bonds is 1. The van der Waals surface area contributed by atoms with Gasteiger partial charge in [-0.1, -0.05) is 6.07 Å². The molecule has 1 saturated carbocycles. The first-order valence-corrected chi connectivity index (χ1v) is 7.92. The summed E-state index contributed by atoms with van der Waals surface area (Å²) in [7, 11) is -2.69. The lowest BCUT2D eigenvalue weighted by molar-refractivity contribution is -0.185. The molecule has 2 aliphatic heterocycles. The zero-order valence-electron chi connectivity index (χ0n) is 18.5. The highest BCUT2D eigenvalue weighted by molar-refractivity contribution is 5.90. The second-order valence-corrected chi connectivity index (χ2v) is 7.05. The highest BCUT2D eigenvalue weighted by atomic mass is 16.5. The molecular formula is C18H21NO4. The van der Waals surface area contributed by atoms with Gasteiger partial charge in [-0.25, -0.2) is 0 Å². The maximum atomic E-state index is 12.8. The van der Waals surface area contributed by atoms with Crippen molar-refractivity contribution in [3.63, 3.8) is 0 Å². The number of hydrogen-bond acceptors (Lipinski definition) is 5. The zero-order chi connectivity index (χ0) is 21.0. The van der Waals surface area contributed by atoms with Crippen molar-refractivity contribution in [3.8, 4) is 11.5 Å². The van der Waals surface area contributed by atoms with Crippen LogP contribution in [-0.2, 0) is 16.6 Å². The molecule has 4 atom stereocenters. The molecule has 2 aliphatic carbocycles. The Morgan fingerprint density at radius 2 is 2.39 bits per heavy atom. The molecule has 4 aliphatic rings. The largest absolute Gasteiger partial charge is 0.493 e. The highest BCUT2D eigenvalue weighted by Crippen LogP contribution is 2.64. The van der Waals surface area contributed by atoms with Gasteiger partial charge in [-0.05, 0) is 44.4 Å².